The number of esters is 1. The molecule has 0 aromatic carbocycles. The molecule has 0 bridgehead atoms. The van der Waals surface area contributed by atoms with Crippen molar-refractivity contribution in [3.05, 3.63) is 36.5 Å². The molecule has 0 unspecified atom stereocenters. The molecule has 0 heterocycles. The minimum Gasteiger partial charge on any atom is -0.466 e. The highest BCUT2D eigenvalue weighted by atomic mass is 16.5. The molecule has 0 fully saturated rings. The number of hydrogen-bond acceptors (Lipinski definition) is 3. The van der Waals surface area contributed by atoms with Crippen molar-refractivity contribution in [2.75, 3.05) is 6.61 Å². The zero-order valence-corrected chi connectivity index (χ0v) is 10.3. The number of carbonyl (C=O) groups excluding carboxylic acids is 2. The fourth-order valence-electron chi connectivity index (χ4n) is 1.16. The van der Waals surface area contributed by atoms with Gasteiger partial charge in [0.05, 0.1) is 6.61 Å². The van der Waals surface area contributed by atoms with Crippen molar-refractivity contribution in [3.63, 3.8) is 0 Å². The molecule has 94 valence electrons. The van der Waals surface area contributed by atoms with Gasteiger partial charge in [0.25, 0.3) is 0 Å². The van der Waals surface area contributed by atoms with Crippen molar-refractivity contribution < 1.29 is 14.3 Å². The molecule has 0 amide bonds. The van der Waals surface area contributed by atoms with Crippen LogP contribution >= 0.6 is 0 Å². The topological polar surface area (TPSA) is 43.4 Å². The Labute approximate surface area is 103 Å². The summed E-state index contributed by atoms with van der Waals surface area (Å²) in [5.74, 6) is -0.125. The molecule has 0 aromatic rings. The van der Waals surface area contributed by atoms with E-state index in [0.29, 0.717) is 13.0 Å². The maximum atomic E-state index is 11.0. The lowest BCUT2D eigenvalue weighted by Gasteiger charge is -1.98. The maximum absolute atomic E-state index is 11.0. The van der Waals surface area contributed by atoms with Crippen LogP contribution < -0.4 is 0 Å². The first kappa shape index (κ1) is 15.4. The summed E-state index contributed by atoms with van der Waals surface area (Å²) in [5, 5.41) is 0. The third kappa shape index (κ3) is 12.3. The maximum Gasteiger partial charge on any atom is 0.305 e. The molecule has 17 heavy (non-hydrogen) atoms. The first-order chi connectivity index (χ1) is 8.31. The second-order valence-electron chi connectivity index (χ2n) is 3.35. The Morgan fingerprint density at radius 2 is 1.94 bits per heavy atom. The normalized spacial score (nSPS) is 11.6. The Hall–Kier alpha value is -1.64. The van der Waals surface area contributed by atoms with E-state index in [4.69, 9.17) is 4.74 Å². The zero-order valence-electron chi connectivity index (χ0n) is 10.3. The van der Waals surface area contributed by atoms with Gasteiger partial charge in [0.2, 0.25) is 0 Å². The summed E-state index contributed by atoms with van der Waals surface area (Å²) < 4.78 is 4.81. The molecule has 0 aliphatic carbocycles. The lowest BCUT2D eigenvalue weighted by atomic mass is 10.2. The van der Waals surface area contributed by atoms with E-state index in [0.717, 1.165) is 25.5 Å². The molecule has 3 nitrogen and oxygen atoms in total. The van der Waals surface area contributed by atoms with Crippen molar-refractivity contribution in [3.8, 4) is 0 Å². The van der Waals surface area contributed by atoms with Crippen molar-refractivity contribution >= 4 is 12.3 Å². The summed E-state index contributed by atoms with van der Waals surface area (Å²) in [6, 6.07) is 0. The molecule has 0 atom stereocenters. The van der Waals surface area contributed by atoms with E-state index < -0.39 is 0 Å². The molecule has 0 aliphatic rings. The summed E-state index contributed by atoms with van der Waals surface area (Å²) in [7, 11) is 0. The summed E-state index contributed by atoms with van der Waals surface area (Å²) in [6.07, 6.45) is 14.8. The van der Waals surface area contributed by atoms with Gasteiger partial charge in [-0.2, -0.15) is 0 Å². The summed E-state index contributed by atoms with van der Waals surface area (Å²) in [5.41, 5.74) is 0. The van der Waals surface area contributed by atoms with Crippen LogP contribution in [0.2, 0.25) is 0 Å². The van der Waals surface area contributed by atoms with Gasteiger partial charge in [0, 0.05) is 6.42 Å². The molecule has 0 spiro atoms. The smallest absolute Gasteiger partial charge is 0.305 e. The van der Waals surface area contributed by atoms with Crippen LogP contribution in [0.25, 0.3) is 0 Å². The van der Waals surface area contributed by atoms with Crippen LogP contribution in [0.5, 0.6) is 0 Å². The molecular formula is C14H20O3. The number of unbranched alkanes of at least 4 members (excludes halogenated alkanes) is 1. The van der Waals surface area contributed by atoms with Gasteiger partial charge < -0.3 is 4.74 Å². The fraction of sp³-hybridized carbons (Fsp3) is 0.429. The van der Waals surface area contributed by atoms with E-state index in [2.05, 4.69) is 0 Å². The standard InChI is InChI=1S/C14H20O3/c1-2-17-14(16)12-10-8-6-4-3-5-7-9-11-13-15/h4-7,9,11,13H,2-3,8,10,12H2,1H3/b6-4-,7-5-,11-9+. The van der Waals surface area contributed by atoms with Gasteiger partial charge in [0.15, 0.2) is 0 Å². The molecule has 0 aromatic heterocycles. The van der Waals surface area contributed by atoms with Crippen molar-refractivity contribution in [1.29, 1.82) is 0 Å². The Morgan fingerprint density at radius 3 is 2.65 bits per heavy atom. The lowest BCUT2D eigenvalue weighted by Crippen LogP contribution is -2.02. The first-order valence-electron chi connectivity index (χ1n) is 5.88. The second-order valence-corrected chi connectivity index (χ2v) is 3.35. The predicted molar refractivity (Wildman–Crippen MR) is 68.6 cm³/mol. The van der Waals surface area contributed by atoms with Crippen LogP contribution in [-0.4, -0.2) is 18.9 Å². The largest absolute Gasteiger partial charge is 0.466 e. The van der Waals surface area contributed by atoms with Crippen molar-refractivity contribution in [2.45, 2.75) is 32.6 Å². The third-order valence-electron chi connectivity index (χ3n) is 1.93. The van der Waals surface area contributed by atoms with Gasteiger partial charge in [-0.3, -0.25) is 9.59 Å². The Balaban J connectivity index is 3.42. The average Bonchev–Trinajstić information content (AvgIpc) is 2.32. The number of hydrogen-bond donors (Lipinski definition) is 0. The van der Waals surface area contributed by atoms with Gasteiger partial charge in [0.1, 0.15) is 6.29 Å². The SMILES string of the molecule is CCOC(=O)CCC/C=C\C/C=C\C=C\C=O. The van der Waals surface area contributed by atoms with Gasteiger partial charge in [-0.25, -0.2) is 0 Å². The van der Waals surface area contributed by atoms with Crippen LogP contribution in [0.4, 0.5) is 0 Å². The third-order valence-corrected chi connectivity index (χ3v) is 1.93. The second kappa shape index (κ2) is 12.4. The first-order valence-corrected chi connectivity index (χ1v) is 5.88. The summed E-state index contributed by atoms with van der Waals surface area (Å²) >= 11 is 0. The minimum atomic E-state index is -0.125. The number of ether oxygens (including phenoxy) is 1. The van der Waals surface area contributed by atoms with Gasteiger partial charge in [-0.15, -0.1) is 0 Å². The molecule has 3 heteroatoms. The van der Waals surface area contributed by atoms with E-state index in [9.17, 15) is 9.59 Å². The quantitative estimate of drug-likeness (QED) is 0.154. The molecule has 0 rings (SSSR count). The Kier molecular flexibility index (Phi) is 11.2. The zero-order chi connectivity index (χ0) is 12.8. The van der Waals surface area contributed by atoms with E-state index in [1.54, 1.807) is 6.08 Å². The predicted octanol–water partition coefficient (Wildman–Crippen LogP) is 2.98. The molecule has 0 aliphatic heterocycles. The lowest BCUT2D eigenvalue weighted by molar-refractivity contribution is -0.143. The molecular weight excluding hydrogens is 216 g/mol. The molecule has 0 N–H and O–H groups in total. The van der Waals surface area contributed by atoms with Crippen LogP contribution in [0.3, 0.4) is 0 Å². The number of aldehydes is 1. The highest BCUT2D eigenvalue weighted by Crippen LogP contribution is 1.99. The van der Waals surface area contributed by atoms with E-state index in [1.165, 1.54) is 6.08 Å². The summed E-state index contributed by atoms with van der Waals surface area (Å²) in [4.78, 5) is 20.9. The molecule has 0 saturated heterocycles. The van der Waals surface area contributed by atoms with Gasteiger partial charge in [-0.05, 0) is 32.3 Å². The fourth-order valence-corrected chi connectivity index (χ4v) is 1.16. The highest BCUT2D eigenvalue weighted by molar-refractivity contribution is 5.69. The van der Waals surface area contributed by atoms with Crippen LogP contribution in [0.15, 0.2) is 36.5 Å². The van der Waals surface area contributed by atoms with Gasteiger partial charge >= 0.3 is 5.97 Å². The van der Waals surface area contributed by atoms with E-state index >= 15 is 0 Å². The van der Waals surface area contributed by atoms with Crippen LogP contribution in [-0.2, 0) is 14.3 Å². The Morgan fingerprint density at radius 1 is 1.12 bits per heavy atom. The number of allylic oxidation sites excluding steroid dienone is 6. The summed E-state index contributed by atoms with van der Waals surface area (Å²) in [6.45, 7) is 2.26. The van der Waals surface area contributed by atoms with Crippen LogP contribution in [0, 0.1) is 0 Å². The molecule has 0 radical (unpaired) electrons. The number of carbonyl (C=O) groups is 2. The average molecular weight is 236 g/mol. The monoisotopic (exact) mass is 236 g/mol. The highest BCUT2D eigenvalue weighted by Gasteiger charge is 1.98. The Bertz CT molecular complexity index is 288. The molecule has 0 saturated carbocycles. The van der Waals surface area contributed by atoms with Crippen LogP contribution in [0.1, 0.15) is 32.6 Å². The van der Waals surface area contributed by atoms with E-state index in [1.807, 2.05) is 31.2 Å². The van der Waals surface area contributed by atoms with Crippen molar-refractivity contribution in [2.24, 2.45) is 0 Å². The van der Waals surface area contributed by atoms with Gasteiger partial charge in [-0.1, -0.05) is 30.4 Å². The number of rotatable bonds is 9. The van der Waals surface area contributed by atoms with Crippen molar-refractivity contribution in [1.82, 2.24) is 0 Å². The minimum absolute atomic E-state index is 0.125. The van der Waals surface area contributed by atoms with E-state index in [-0.39, 0.29) is 5.97 Å².